The van der Waals surface area contributed by atoms with Crippen LogP contribution >= 0.6 is 0 Å². The first-order valence-corrected chi connectivity index (χ1v) is 18.9. The maximum absolute atomic E-state index is 4.44. The van der Waals surface area contributed by atoms with Crippen molar-refractivity contribution >= 4 is 55.4 Å². The smallest absolute Gasteiger partial charge is 0.0541 e. The fraction of sp³-hybridized carbons (Fsp3) is 0.0400. The summed E-state index contributed by atoms with van der Waals surface area (Å²) in [5.74, 6) is 0. The van der Waals surface area contributed by atoms with E-state index in [1.165, 1.54) is 43.8 Å². The number of aliphatic imine (C=N–C) groups is 1. The third-order valence-electron chi connectivity index (χ3n) is 11.2. The number of pyridine rings is 3. The van der Waals surface area contributed by atoms with Crippen LogP contribution in [0.1, 0.15) is 12.0 Å². The van der Waals surface area contributed by atoms with Gasteiger partial charge in [-0.05, 0) is 160 Å². The molecule has 10 aromatic rings. The third kappa shape index (κ3) is 5.34. The Bertz CT molecular complexity index is 3080. The molecule has 5 aromatic heterocycles. The second-order valence-electron chi connectivity index (χ2n) is 14.3. The van der Waals surface area contributed by atoms with Crippen molar-refractivity contribution in [1.82, 2.24) is 24.1 Å². The molecule has 6 nitrogen and oxygen atoms in total. The van der Waals surface area contributed by atoms with E-state index in [0.29, 0.717) is 0 Å². The van der Waals surface area contributed by atoms with E-state index in [-0.39, 0.29) is 0 Å². The summed E-state index contributed by atoms with van der Waals surface area (Å²) in [5.41, 5.74) is 16.3. The Morgan fingerprint density at radius 3 is 1.16 bits per heavy atom. The molecule has 6 heterocycles. The second kappa shape index (κ2) is 13.1. The van der Waals surface area contributed by atoms with Crippen LogP contribution in [-0.4, -0.2) is 36.8 Å². The van der Waals surface area contributed by atoms with Crippen LogP contribution in [0.25, 0.3) is 93.9 Å². The molecule has 0 bridgehead atoms. The highest BCUT2D eigenvalue weighted by molar-refractivity contribution is 6.13. The van der Waals surface area contributed by atoms with Crippen LogP contribution in [0.15, 0.2) is 182 Å². The summed E-state index contributed by atoms with van der Waals surface area (Å²) < 4.78 is 4.83. The maximum atomic E-state index is 4.44. The zero-order valence-corrected chi connectivity index (χ0v) is 30.4. The number of dihydropyridines is 1. The van der Waals surface area contributed by atoms with Gasteiger partial charge in [-0.3, -0.25) is 19.9 Å². The molecule has 0 amide bonds. The Morgan fingerprint density at radius 2 is 0.768 bits per heavy atom. The topological polar surface area (TPSA) is 60.9 Å². The Labute approximate surface area is 323 Å². The summed E-state index contributed by atoms with van der Waals surface area (Å²) in [5, 5.41) is 4.85. The molecule has 0 fully saturated rings. The molecule has 56 heavy (non-hydrogen) atoms. The number of aromatic nitrogens is 5. The number of fused-ring (bicyclic) bond motifs is 6. The summed E-state index contributed by atoms with van der Waals surface area (Å²) in [4.78, 5) is 17.2. The molecule has 6 heteroatoms. The van der Waals surface area contributed by atoms with E-state index in [0.717, 1.165) is 68.7 Å². The lowest BCUT2D eigenvalue weighted by Crippen LogP contribution is -1.99. The summed E-state index contributed by atoms with van der Waals surface area (Å²) >= 11 is 0. The van der Waals surface area contributed by atoms with Crippen molar-refractivity contribution < 1.29 is 0 Å². The van der Waals surface area contributed by atoms with Gasteiger partial charge >= 0.3 is 0 Å². The van der Waals surface area contributed by atoms with E-state index >= 15 is 0 Å². The fourth-order valence-corrected chi connectivity index (χ4v) is 8.47. The van der Waals surface area contributed by atoms with Crippen LogP contribution in [0.4, 0.5) is 0 Å². The van der Waals surface area contributed by atoms with Crippen LogP contribution in [0.3, 0.4) is 0 Å². The standard InChI is InChI=1S/C50H34N6/c1-2-41(55-47-8-4-37(33-12-20-51-21-13-33)28-43(47)44-29-38(5-9-48(44)55)34-14-22-52-23-15-34)32-42(3-1)56-49-10-6-39(35-16-24-53-25-17-35)30-45(49)46-31-40(7-11-50(46)56)36-18-26-54-27-19-36/h1-18,20-26,28-32H,19,27H2. The predicted molar refractivity (Wildman–Crippen MR) is 231 cm³/mol. The van der Waals surface area contributed by atoms with Crippen LogP contribution < -0.4 is 0 Å². The fourth-order valence-electron chi connectivity index (χ4n) is 8.47. The molecule has 1 aliphatic heterocycles. The van der Waals surface area contributed by atoms with E-state index in [4.69, 9.17) is 0 Å². The summed E-state index contributed by atoms with van der Waals surface area (Å²) in [6, 6.07) is 48.8. The third-order valence-corrected chi connectivity index (χ3v) is 11.2. The Balaban J connectivity index is 1.13. The Kier molecular flexibility index (Phi) is 7.52. The average molecular weight is 719 g/mol. The van der Waals surface area contributed by atoms with Crippen molar-refractivity contribution in [2.75, 3.05) is 6.54 Å². The molecule has 1 aliphatic rings. The molecular weight excluding hydrogens is 685 g/mol. The average Bonchev–Trinajstić information content (AvgIpc) is 3.79. The molecule has 0 saturated heterocycles. The van der Waals surface area contributed by atoms with Gasteiger partial charge in [0.1, 0.15) is 0 Å². The van der Waals surface area contributed by atoms with Gasteiger partial charge in [-0.15, -0.1) is 0 Å². The lowest BCUT2D eigenvalue weighted by molar-refractivity contribution is 1.02. The molecule has 0 atom stereocenters. The van der Waals surface area contributed by atoms with Gasteiger partial charge in [0.05, 0.1) is 22.1 Å². The first kappa shape index (κ1) is 32.0. The van der Waals surface area contributed by atoms with Crippen molar-refractivity contribution in [3.05, 3.63) is 182 Å². The molecule has 264 valence electrons. The summed E-state index contributed by atoms with van der Waals surface area (Å²) in [6.07, 6.45) is 16.2. The van der Waals surface area contributed by atoms with E-state index in [9.17, 15) is 0 Å². The lowest BCUT2D eigenvalue weighted by Gasteiger charge is -2.14. The predicted octanol–water partition coefficient (Wildman–Crippen LogP) is 11.9. The van der Waals surface area contributed by atoms with E-state index < -0.39 is 0 Å². The molecule has 0 radical (unpaired) electrons. The molecule has 5 aromatic carbocycles. The normalized spacial score (nSPS) is 12.9. The minimum atomic E-state index is 0.823. The number of nitrogens with zero attached hydrogens (tertiary/aromatic N) is 6. The molecule has 11 rings (SSSR count). The van der Waals surface area contributed by atoms with Gasteiger partial charge < -0.3 is 9.13 Å². The lowest BCUT2D eigenvalue weighted by atomic mass is 9.98. The first-order chi connectivity index (χ1) is 27.8. The number of hydrogen-bond acceptors (Lipinski definition) is 4. The Morgan fingerprint density at radius 1 is 0.375 bits per heavy atom. The molecule has 0 unspecified atom stereocenters. The van der Waals surface area contributed by atoms with E-state index in [2.05, 4.69) is 169 Å². The number of hydrogen-bond donors (Lipinski definition) is 0. The van der Waals surface area contributed by atoms with Gasteiger partial charge in [-0.25, -0.2) is 0 Å². The first-order valence-electron chi connectivity index (χ1n) is 18.9. The minimum Gasteiger partial charge on any atom is -0.309 e. The van der Waals surface area contributed by atoms with Gasteiger partial charge in [0.15, 0.2) is 0 Å². The summed E-state index contributed by atoms with van der Waals surface area (Å²) in [7, 11) is 0. The molecular formula is C50H34N6. The monoisotopic (exact) mass is 718 g/mol. The maximum Gasteiger partial charge on any atom is 0.0541 e. The summed E-state index contributed by atoms with van der Waals surface area (Å²) in [6.45, 7) is 0.823. The van der Waals surface area contributed by atoms with Gasteiger partial charge in [-0.1, -0.05) is 30.3 Å². The molecule has 0 spiro atoms. The van der Waals surface area contributed by atoms with Crippen molar-refractivity contribution in [1.29, 1.82) is 0 Å². The van der Waals surface area contributed by atoms with Crippen molar-refractivity contribution in [3.63, 3.8) is 0 Å². The van der Waals surface area contributed by atoms with Gasteiger partial charge in [0.25, 0.3) is 0 Å². The van der Waals surface area contributed by atoms with E-state index in [1.807, 2.05) is 43.4 Å². The quantitative estimate of drug-likeness (QED) is 0.172. The second-order valence-corrected chi connectivity index (χ2v) is 14.3. The van der Waals surface area contributed by atoms with Gasteiger partial charge in [-0.2, -0.15) is 0 Å². The van der Waals surface area contributed by atoms with Crippen LogP contribution in [-0.2, 0) is 0 Å². The highest BCUT2D eigenvalue weighted by atomic mass is 15.0. The number of rotatable bonds is 6. The zero-order valence-electron chi connectivity index (χ0n) is 30.4. The van der Waals surface area contributed by atoms with Gasteiger partial charge in [0.2, 0.25) is 0 Å². The zero-order chi connectivity index (χ0) is 37.0. The minimum absolute atomic E-state index is 0.823. The number of allylic oxidation sites excluding steroid dienone is 1. The van der Waals surface area contributed by atoms with Crippen LogP contribution in [0.2, 0.25) is 0 Å². The van der Waals surface area contributed by atoms with Crippen molar-refractivity contribution in [2.24, 2.45) is 4.99 Å². The number of benzene rings is 5. The Hall–Kier alpha value is -7.44. The van der Waals surface area contributed by atoms with Gasteiger partial charge in [0, 0.05) is 82.9 Å². The largest absolute Gasteiger partial charge is 0.309 e. The highest BCUT2D eigenvalue weighted by Gasteiger charge is 2.19. The molecule has 0 saturated carbocycles. The molecule has 0 N–H and O–H groups in total. The molecule has 0 aliphatic carbocycles. The van der Waals surface area contributed by atoms with Crippen LogP contribution in [0.5, 0.6) is 0 Å². The highest BCUT2D eigenvalue weighted by Crippen LogP contribution is 2.40. The SMILES string of the molecule is C1=NCCC(c2ccc3c(c2)c2cc(-c4ccncc4)ccc2n3-c2cccc(-n3c4ccc(-c5ccncc5)cc4c4cc(-c5ccncc5)ccc43)c2)=C1. The van der Waals surface area contributed by atoms with Crippen LogP contribution in [0, 0.1) is 0 Å². The van der Waals surface area contributed by atoms with E-state index in [1.54, 1.807) is 0 Å². The van der Waals surface area contributed by atoms with Crippen molar-refractivity contribution in [3.8, 4) is 44.8 Å². The van der Waals surface area contributed by atoms with Crippen molar-refractivity contribution in [2.45, 2.75) is 6.42 Å².